The lowest BCUT2D eigenvalue weighted by Gasteiger charge is -2.36. The van der Waals surface area contributed by atoms with E-state index < -0.39 is 36.8 Å². The molecule has 1 aliphatic rings. The van der Waals surface area contributed by atoms with E-state index in [1.54, 1.807) is 6.92 Å². The first-order valence-corrected chi connectivity index (χ1v) is 9.71. The summed E-state index contributed by atoms with van der Waals surface area (Å²) in [5.74, 6) is -0.854. The van der Waals surface area contributed by atoms with Crippen LogP contribution in [0.1, 0.15) is 78.1 Å². The molecular weight excluding hydrogens is 308 g/mol. The molecule has 5 nitrogen and oxygen atoms in total. The number of ketones is 1. The van der Waals surface area contributed by atoms with Gasteiger partial charge in [0, 0.05) is 12.5 Å². The highest BCUT2D eigenvalue weighted by Crippen LogP contribution is 2.24. The average Bonchev–Trinajstić information content (AvgIpc) is 2.59. The van der Waals surface area contributed by atoms with Crippen molar-refractivity contribution in [3.05, 3.63) is 0 Å². The van der Waals surface area contributed by atoms with Crippen LogP contribution in [0.25, 0.3) is 0 Å². The number of aliphatic hydroxyl groups excluding tert-OH is 2. The molecule has 0 spiro atoms. The average molecular weight is 344 g/mol. The molecule has 1 aliphatic heterocycles. The Morgan fingerprint density at radius 3 is 2.08 bits per heavy atom. The number of rotatable bonds is 13. The fraction of sp³-hybridized carbons (Fsp3) is 0.947. The van der Waals surface area contributed by atoms with Crippen molar-refractivity contribution in [3.8, 4) is 0 Å². The smallest absolute Gasteiger partial charge is 0.192 e. The molecule has 4 atom stereocenters. The van der Waals surface area contributed by atoms with Crippen LogP contribution in [0.5, 0.6) is 0 Å². The van der Waals surface area contributed by atoms with Crippen molar-refractivity contribution < 1.29 is 24.5 Å². The fourth-order valence-electron chi connectivity index (χ4n) is 3.06. The lowest BCUT2D eigenvalue weighted by Crippen LogP contribution is -2.52. The molecular formula is C19H36O5. The number of unbranched alkanes of at least 4 members (excludes halogenated alkanes) is 9. The van der Waals surface area contributed by atoms with Gasteiger partial charge in [0.15, 0.2) is 12.1 Å². The summed E-state index contributed by atoms with van der Waals surface area (Å²) >= 11 is 0. The number of hydrogen-bond donors (Lipinski definition) is 2. The number of Topliss-reactive ketones (excluding diaryl/α,β-unsaturated/α-hetero) is 1. The molecule has 0 aromatic carbocycles. The molecule has 0 radical (unpaired) electrons. The first-order chi connectivity index (χ1) is 11.6. The maximum Gasteiger partial charge on any atom is 0.192 e. The van der Waals surface area contributed by atoms with Gasteiger partial charge in [0.05, 0.1) is 6.61 Å². The second-order valence-electron chi connectivity index (χ2n) is 6.93. The largest absolute Gasteiger partial charge is 0.393 e. The lowest BCUT2D eigenvalue weighted by atomic mass is 9.94. The summed E-state index contributed by atoms with van der Waals surface area (Å²) < 4.78 is 11.1. The highest BCUT2D eigenvalue weighted by atomic mass is 16.7. The molecule has 1 saturated heterocycles. The van der Waals surface area contributed by atoms with Gasteiger partial charge in [0.1, 0.15) is 12.2 Å². The normalized spacial score (nSPS) is 27.6. The van der Waals surface area contributed by atoms with Crippen molar-refractivity contribution in [1.82, 2.24) is 0 Å². The van der Waals surface area contributed by atoms with Crippen LogP contribution in [0.4, 0.5) is 0 Å². The summed E-state index contributed by atoms with van der Waals surface area (Å²) in [7, 11) is 0. The van der Waals surface area contributed by atoms with E-state index in [1.165, 1.54) is 51.4 Å². The van der Waals surface area contributed by atoms with Crippen molar-refractivity contribution in [1.29, 1.82) is 0 Å². The van der Waals surface area contributed by atoms with Crippen LogP contribution in [0.3, 0.4) is 0 Å². The summed E-state index contributed by atoms with van der Waals surface area (Å²) in [5, 5.41) is 19.0. The van der Waals surface area contributed by atoms with E-state index in [-0.39, 0.29) is 0 Å². The maximum atomic E-state index is 11.7. The van der Waals surface area contributed by atoms with Gasteiger partial charge in [-0.05, 0) is 6.42 Å². The Morgan fingerprint density at radius 2 is 1.54 bits per heavy atom. The molecule has 0 amide bonds. The molecule has 3 unspecified atom stereocenters. The number of carbonyl (C=O) groups excluding carboxylic acids is 1. The zero-order chi connectivity index (χ0) is 17.8. The van der Waals surface area contributed by atoms with Gasteiger partial charge in [-0.1, -0.05) is 71.6 Å². The monoisotopic (exact) mass is 344 g/mol. The summed E-state index contributed by atoms with van der Waals surface area (Å²) in [5.41, 5.74) is 0. The van der Waals surface area contributed by atoms with Crippen LogP contribution in [0.2, 0.25) is 0 Å². The van der Waals surface area contributed by atoms with Crippen LogP contribution < -0.4 is 0 Å². The minimum atomic E-state index is -1.12. The summed E-state index contributed by atoms with van der Waals surface area (Å²) in [6.07, 6.45) is 9.94. The first-order valence-electron chi connectivity index (χ1n) is 9.71. The van der Waals surface area contributed by atoms with Crippen molar-refractivity contribution in [2.75, 3.05) is 13.2 Å². The Morgan fingerprint density at radius 1 is 1.00 bits per heavy atom. The summed E-state index contributed by atoms with van der Waals surface area (Å²) in [4.78, 5) is 11.7. The molecule has 1 fully saturated rings. The van der Waals surface area contributed by atoms with Gasteiger partial charge in [0.2, 0.25) is 0 Å². The third kappa shape index (κ3) is 7.60. The Bertz CT molecular complexity index is 330. The SMILES string of the molecule is CCCCCCCCCCCCOC1OC(CO)C(=O)C(O)[C@@H]1C. The minimum Gasteiger partial charge on any atom is -0.393 e. The van der Waals surface area contributed by atoms with E-state index in [2.05, 4.69) is 6.92 Å². The zero-order valence-corrected chi connectivity index (χ0v) is 15.4. The quantitative estimate of drug-likeness (QED) is 0.502. The van der Waals surface area contributed by atoms with Crippen molar-refractivity contribution in [2.45, 2.75) is 96.6 Å². The Kier molecular flexibility index (Phi) is 11.5. The fourth-order valence-corrected chi connectivity index (χ4v) is 3.06. The molecule has 142 valence electrons. The third-order valence-electron chi connectivity index (χ3n) is 4.78. The molecule has 0 aliphatic carbocycles. The first kappa shape index (κ1) is 21.6. The van der Waals surface area contributed by atoms with Gasteiger partial charge < -0.3 is 19.7 Å². The molecule has 0 aromatic heterocycles. The van der Waals surface area contributed by atoms with Crippen molar-refractivity contribution in [3.63, 3.8) is 0 Å². The van der Waals surface area contributed by atoms with Gasteiger partial charge >= 0.3 is 0 Å². The molecule has 24 heavy (non-hydrogen) atoms. The Labute approximate surface area is 146 Å². The molecule has 0 aromatic rings. The van der Waals surface area contributed by atoms with Crippen LogP contribution >= 0.6 is 0 Å². The minimum absolute atomic E-state index is 0.400. The van der Waals surface area contributed by atoms with Gasteiger partial charge in [-0.25, -0.2) is 0 Å². The Balaban J connectivity index is 2.03. The number of ether oxygens (including phenoxy) is 2. The highest BCUT2D eigenvalue weighted by molar-refractivity contribution is 5.88. The number of carbonyl (C=O) groups is 1. The van der Waals surface area contributed by atoms with Crippen molar-refractivity contribution >= 4 is 5.78 Å². The lowest BCUT2D eigenvalue weighted by molar-refractivity contribution is -0.238. The van der Waals surface area contributed by atoms with Gasteiger partial charge in [0.25, 0.3) is 0 Å². The maximum absolute atomic E-state index is 11.7. The summed E-state index contributed by atoms with van der Waals surface area (Å²) in [6, 6.07) is 0. The van der Waals surface area contributed by atoms with Crippen LogP contribution in [-0.4, -0.2) is 47.7 Å². The van der Waals surface area contributed by atoms with E-state index >= 15 is 0 Å². The van der Waals surface area contributed by atoms with E-state index in [4.69, 9.17) is 14.6 Å². The van der Waals surface area contributed by atoms with E-state index in [9.17, 15) is 9.90 Å². The van der Waals surface area contributed by atoms with E-state index in [0.717, 1.165) is 12.8 Å². The Hall–Kier alpha value is -0.490. The van der Waals surface area contributed by atoms with Crippen LogP contribution in [0, 0.1) is 5.92 Å². The summed E-state index contributed by atoms with van der Waals surface area (Å²) in [6.45, 7) is 4.12. The molecule has 1 heterocycles. The second-order valence-corrected chi connectivity index (χ2v) is 6.93. The molecule has 2 N–H and O–H groups in total. The number of aliphatic hydroxyl groups is 2. The van der Waals surface area contributed by atoms with E-state index in [1.807, 2.05) is 0 Å². The second kappa shape index (κ2) is 12.8. The molecule has 1 rings (SSSR count). The van der Waals surface area contributed by atoms with Crippen molar-refractivity contribution in [2.24, 2.45) is 5.92 Å². The van der Waals surface area contributed by atoms with Gasteiger partial charge in [-0.3, -0.25) is 4.79 Å². The van der Waals surface area contributed by atoms with Gasteiger partial charge in [-0.2, -0.15) is 0 Å². The standard InChI is InChI=1S/C19H36O5/c1-3-4-5-6-7-8-9-10-11-12-13-23-19-15(2)17(21)18(22)16(14-20)24-19/h15-17,19-21H,3-14H2,1-2H3/t15-,16?,17?,19?/m0/s1. The predicted molar refractivity (Wildman–Crippen MR) is 93.7 cm³/mol. The van der Waals surface area contributed by atoms with Crippen LogP contribution in [0.15, 0.2) is 0 Å². The molecule has 0 saturated carbocycles. The molecule has 5 heteroatoms. The highest BCUT2D eigenvalue weighted by Gasteiger charge is 2.41. The predicted octanol–water partition coefficient (Wildman–Crippen LogP) is 3.21. The number of hydrogen-bond acceptors (Lipinski definition) is 5. The third-order valence-corrected chi connectivity index (χ3v) is 4.78. The van der Waals surface area contributed by atoms with E-state index in [0.29, 0.717) is 6.61 Å². The van der Waals surface area contributed by atoms with Gasteiger partial charge in [-0.15, -0.1) is 0 Å². The zero-order valence-electron chi connectivity index (χ0n) is 15.4. The topological polar surface area (TPSA) is 76.0 Å². The molecule has 0 bridgehead atoms. The van der Waals surface area contributed by atoms with Crippen LogP contribution in [-0.2, 0) is 14.3 Å².